The normalized spacial score (nSPS) is 11.4. The smallest absolute Gasteiger partial charge is 0.0701 e. The van der Waals surface area contributed by atoms with Gasteiger partial charge in [0.25, 0.3) is 0 Å². The third kappa shape index (κ3) is 3.74. The molecule has 0 amide bonds. The Labute approximate surface area is 185 Å². The molecule has 4 heteroatoms. The molecule has 0 aliphatic carbocycles. The van der Waals surface area contributed by atoms with Crippen LogP contribution in [0.25, 0.3) is 0 Å². The van der Waals surface area contributed by atoms with E-state index in [0.717, 1.165) is 22.3 Å². The van der Waals surface area contributed by atoms with E-state index in [2.05, 4.69) is 48.5 Å². The van der Waals surface area contributed by atoms with Crippen LogP contribution < -0.4 is 5.73 Å². The lowest BCUT2D eigenvalue weighted by atomic mass is 9.65. The lowest BCUT2D eigenvalue weighted by Crippen LogP contribution is -2.31. The van der Waals surface area contributed by atoms with Crippen LogP contribution in [0, 0.1) is 0 Å². The number of nitrogen functional groups attached to an aromatic ring is 1. The summed E-state index contributed by atoms with van der Waals surface area (Å²) >= 11 is 18.6. The van der Waals surface area contributed by atoms with Gasteiger partial charge in [-0.3, -0.25) is 0 Å². The highest BCUT2D eigenvalue weighted by atomic mass is 35.5. The minimum absolute atomic E-state index is 0.590. The van der Waals surface area contributed by atoms with Crippen LogP contribution in [0.15, 0.2) is 97.1 Å². The minimum atomic E-state index is -0.590. The monoisotopic (exact) mass is 437 g/mol. The number of hydrogen-bond donors (Lipinski definition) is 1. The molecule has 1 nitrogen and oxygen atoms in total. The van der Waals surface area contributed by atoms with Gasteiger partial charge in [0.15, 0.2) is 0 Å². The Hall–Kier alpha value is -2.45. The van der Waals surface area contributed by atoms with E-state index in [0.29, 0.717) is 20.8 Å². The van der Waals surface area contributed by atoms with Crippen LogP contribution in [0.2, 0.25) is 15.1 Å². The van der Waals surface area contributed by atoms with Gasteiger partial charge in [0.05, 0.1) is 5.41 Å². The fraction of sp³-hybridized carbons (Fsp3) is 0.0400. The third-order valence-corrected chi connectivity index (χ3v) is 5.93. The predicted octanol–water partition coefficient (Wildman–Crippen LogP) is 7.61. The first-order valence-corrected chi connectivity index (χ1v) is 10.3. The lowest BCUT2D eigenvalue weighted by Gasteiger charge is -2.37. The molecule has 0 unspecified atom stereocenters. The highest BCUT2D eigenvalue weighted by Gasteiger charge is 2.38. The summed E-state index contributed by atoms with van der Waals surface area (Å²) in [6, 6.07) is 31.8. The average molecular weight is 439 g/mol. The first kappa shape index (κ1) is 19.8. The van der Waals surface area contributed by atoms with E-state index in [1.165, 1.54) is 0 Å². The van der Waals surface area contributed by atoms with Gasteiger partial charge in [0, 0.05) is 20.8 Å². The number of rotatable bonds is 4. The second-order valence-corrected chi connectivity index (χ2v) is 8.20. The minimum Gasteiger partial charge on any atom is -0.399 e. The van der Waals surface area contributed by atoms with Crippen molar-refractivity contribution in [2.45, 2.75) is 5.41 Å². The number of hydrogen-bond acceptors (Lipinski definition) is 1. The first-order chi connectivity index (χ1) is 14.0. The SMILES string of the molecule is Nc1ccc(C(c2ccc(Cl)cc2)(c2ccc(Cl)cc2)c2ccc(Cl)cc2)cc1. The Morgan fingerprint density at radius 3 is 0.931 bits per heavy atom. The van der Waals surface area contributed by atoms with Crippen LogP contribution >= 0.6 is 34.8 Å². The van der Waals surface area contributed by atoms with Crippen molar-refractivity contribution in [1.82, 2.24) is 0 Å². The fourth-order valence-electron chi connectivity index (χ4n) is 3.83. The van der Waals surface area contributed by atoms with Crippen LogP contribution in [-0.4, -0.2) is 0 Å². The molecule has 0 aromatic heterocycles. The van der Waals surface area contributed by atoms with Crippen LogP contribution in [0.3, 0.4) is 0 Å². The molecule has 2 N–H and O–H groups in total. The highest BCUT2D eigenvalue weighted by molar-refractivity contribution is 6.31. The van der Waals surface area contributed by atoms with Crippen molar-refractivity contribution in [3.63, 3.8) is 0 Å². The van der Waals surface area contributed by atoms with Crippen molar-refractivity contribution in [3.8, 4) is 0 Å². The van der Waals surface area contributed by atoms with Gasteiger partial charge in [-0.1, -0.05) is 83.3 Å². The van der Waals surface area contributed by atoms with E-state index in [1.807, 2.05) is 48.5 Å². The summed E-state index contributed by atoms with van der Waals surface area (Å²) in [5, 5.41) is 2.06. The zero-order valence-electron chi connectivity index (χ0n) is 15.4. The molecule has 144 valence electrons. The molecule has 0 heterocycles. The van der Waals surface area contributed by atoms with Crippen LogP contribution in [0.4, 0.5) is 5.69 Å². The topological polar surface area (TPSA) is 26.0 Å². The second kappa shape index (κ2) is 8.12. The molecular weight excluding hydrogens is 421 g/mol. The van der Waals surface area contributed by atoms with Gasteiger partial charge in [-0.2, -0.15) is 0 Å². The summed E-state index contributed by atoms with van der Waals surface area (Å²) in [5.74, 6) is 0. The number of anilines is 1. The van der Waals surface area contributed by atoms with Gasteiger partial charge >= 0.3 is 0 Å². The zero-order valence-corrected chi connectivity index (χ0v) is 17.7. The van der Waals surface area contributed by atoms with E-state index < -0.39 is 5.41 Å². The van der Waals surface area contributed by atoms with Crippen molar-refractivity contribution < 1.29 is 0 Å². The first-order valence-electron chi connectivity index (χ1n) is 9.14. The van der Waals surface area contributed by atoms with Gasteiger partial charge in [-0.15, -0.1) is 0 Å². The van der Waals surface area contributed by atoms with E-state index >= 15 is 0 Å². The van der Waals surface area contributed by atoms with Gasteiger partial charge < -0.3 is 5.73 Å². The van der Waals surface area contributed by atoms with Crippen molar-refractivity contribution >= 4 is 40.5 Å². The van der Waals surface area contributed by atoms with Gasteiger partial charge in [-0.25, -0.2) is 0 Å². The summed E-state index contributed by atoms with van der Waals surface area (Å²) < 4.78 is 0. The Bertz CT molecular complexity index is 913. The standard InChI is InChI=1S/C25H18Cl3N/c26-21-9-1-17(2-10-21)25(18-3-11-22(27)12-4-18,19-5-13-23(28)14-6-19)20-7-15-24(29)16-8-20/h1-16H,29H2. The van der Waals surface area contributed by atoms with Crippen molar-refractivity contribution in [2.75, 3.05) is 5.73 Å². The number of halogens is 3. The predicted molar refractivity (Wildman–Crippen MR) is 124 cm³/mol. The summed E-state index contributed by atoms with van der Waals surface area (Å²) in [7, 11) is 0. The lowest BCUT2D eigenvalue weighted by molar-refractivity contribution is 0.745. The Morgan fingerprint density at radius 1 is 0.414 bits per heavy atom. The Kier molecular flexibility index (Phi) is 5.56. The molecule has 0 radical (unpaired) electrons. The molecule has 0 aliphatic rings. The van der Waals surface area contributed by atoms with E-state index in [1.54, 1.807) is 0 Å². The van der Waals surface area contributed by atoms with E-state index in [4.69, 9.17) is 40.5 Å². The molecule has 0 fully saturated rings. The molecule has 0 atom stereocenters. The maximum atomic E-state index is 6.21. The zero-order chi connectivity index (χ0) is 20.4. The van der Waals surface area contributed by atoms with Crippen LogP contribution in [0.5, 0.6) is 0 Å². The molecule has 29 heavy (non-hydrogen) atoms. The summed E-state index contributed by atoms with van der Waals surface area (Å²) in [6.45, 7) is 0. The largest absolute Gasteiger partial charge is 0.399 e. The van der Waals surface area contributed by atoms with Crippen molar-refractivity contribution in [1.29, 1.82) is 0 Å². The van der Waals surface area contributed by atoms with Crippen molar-refractivity contribution in [2.24, 2.45) is 0 Å². The van der Waals surface area contributed by atoms with Crippen LogP contribution in [0.1, 0.15) is 22.3 Å². The van der Waals surface area contributed by atoms with Crippen LogP contribution in [-0.2, 0) is 5.41 Å². The highest BCUT2D eigenvalue weighted by Crippen LogP contribution is 2.46. The molecule has 0 spiro atoms. The quantitative estimate of drug-likeness (QED) is 0.257. The Morgan fingerprint density at radius 2 is 0.655 bits per heavy atom. The maximum absolute atomic E-state index is 6.21. The average Bonchev–Trinajstić information content (AvgIpc) is 2.73. The van der Waals surface area contributed by atoms with Gasteiger partial charge in [-0.05, 0) is 70.8 Å². The number of benzene rings is 4. The summed E-state index contributed by atoms with van der Waals surface area (Å²) in [5.41, 5.74) is 10.4. The van der Waals surface area contributed by atoms with E-state index in [-0.39, 0.29) is 0 Å². The molecule has 4 aromatic rings. The van der Waals surface area contributed by atoms with E-state index in [9.17, 15) is 0 Å². The molecule has 4 aromatic carbocycles. The fourth-order valence-corrected chi connectivity index (χ4v) is 4.21. The maximum Gasteiger partial charge on any atom is 0.0701 e. The second-order valence-electron chi connectivity index (χ2n) is 6.89. The molecule has 0 aliphatic heterocycles. The van der Waals surface area contributed by atoms with Gasteiger partial charge in [0.2, 0.25) is 0 Å². The molecule has 0 bridgehead atoms. The number of nitrogens with two attached hydrogens (primary N) is 1. The summed E-state index contributed by atoms with van der Waals surface area (Å²) in [6.07, 6.45) is 0. The molecular formula is C25H18Cl3N. The third-order valence-electron chi connectivity index (χ3n) is 5.18. The Balaban J connectivity index is 2.11. The summed E-state index contributed by atoms with van der Waals surface area (Å²) in [4.78, 5) is 0. The molecule has 4 rings (SSSR count). The molecule has 0 saturated heterocycles. The molecule has 0 saturated carbocycles. The van der Waals surface area contributed by atoms with Gasteiger partial charge in [0.1, 0.15) is 0 Å². The van der Waals surface area contributed by atoms with Crippen molar-refractivity contribution in [3.05, 3.63) is 134 Å².